The van der Waals surface area contributed by atoms with Crippen molar-refractivity contribution in [2.24, 2.45) is 29.1 Å². The lowest BCUT2D eigenvalue weighted by molar-refractivity contribution is -0.203. The molecule has 4 saturated carbocycles. The molecular weight excluding hydrogens is 372 g/mol. The number of ether oxygens (including phenoxy) is 3. The Balaban J connectivity index is 1.34. The lowest BCUT2D eigenvalue weighted by Crippen LogP contribution is -2.58. The molecule has 0 saturated heterocycles. The topological polar surface area (TPSA) is 78.9 Å². The van der Waals surface area contributed by atoms with Crippen molar-refractivity contribution < 1.29 is 28.6 Å². The number of esters is 3. The Morgan fingerprint density at radius 2 is 1.38 bits per heavy atom. The Morgan fingerprint density at radius 3 is 1.93 bits per heavy atom. The van der Waals surface area contributed by atoms with E-state index in [1.165, 1.54) is 32.1 Å². The molecule has 4 bridgehead atoms. The molecule has 0 aromatic carbocycles. The van der Waals surface area contributed by atoms with E-state index in [1.54, 1.807) is 0 Å². The maximum atomic E-state index is 12.4. The second kappa shape index (κ2) is 8.65. The Morgan fingerprint density at radius 1 is 0.862 bits per heavy atom. The van der Waals surface area contributed by atoms with Crippen molar-refractivity contribution >= 4 is 17.9 Å². The average Bonchev–Trinajstić information content (AvgIpc) is 2.67. The molecule has 0 aromatic heterocycles. The van der Waals surface area contributed by atoms with Crippen molar-refractivity contribution in [1.29, 1.82) is 0 Å². The van der Waals surface area contributed by atoms with Crippen molar-refractivity contribution in [3.05, 3.63) is 0 Å². The van der Waals surface area contributed by atoms with Crippen LogP contribution in [0.4, 0.5) is 0 Å². The largest absolute Gasteiger partial charge is 0.462 e. The van der Waals surface area contributed by atoms with Crippen LogP contribution in [0.1, 0.15) is 79.1 Å². The van der Waals surface area contributed by atoms with Crippen LogP contribution in [0, 0.1) is 29.1 Å². The highest BCUT2D eigenvalue weighted by atomic mass is 16.6. The number of carbonyl (C=O) groups excluding carboxylic acids is 3. The fourth-order valence-corrected chi connectivity index (χ4v) is 5.49. The number of hydrogen-bond donors (Lipinski definition) is 0. The molecule has 0 amide bonds. The summed E-state index contributed by atoms with van der Waals surface area (Å²) in [7, 11) is 0. The van der Waals surface area contributed by atoms with Crippen molar-refractivity contribution in [1.82, 2.24) is 0 Å². The summed E-state index contributed by atoms with van der Waals surface area (Å²) in [6.45, 7) is 7.69. The van der Waals surface area contributed by atoms with E-state index >= 15 is 0 Å². The molecule has 0 spiro atoms. The summed E-state index contributed by atoms with van der Waals surface area (Å²) in [5.41, 5.74) is -0.906. The van der Waals surface area contributed by atoms with Crippen molar-refractivity contribution in [2.45, 2.75) is 84.7 Å². The van der Waals surface area contributed by atoms with Gasteiger partial charge in [0.05, 0.1) is 18.3 Å². The van der Waals surface area contributed by atoms with Gasteiger partial charge in [0, 0.05) is 0 Å². The Labute approximate surface area is 174 Å². The van der Waals surface area contributed by atoms with Crippen LogP contribution in [-0.4, -0.2) is 36.7 Å². The molecule has 4 aliphatic rings. The van der Waals surface area contributed by atoms with Crippen LogP contribution in [0.2, 0.25) is 0 Å². The Hall–Kier alpha value is -1.59. The minimum atomic E-state index is -0.540. The summed E-state index contributed by atoms with van der Waals surface area (Å²) < 4.78 is 16.2. The van der Waals surface area contributed by atoms with Gasteiger partial charge < -0.3 is 14.2 Å². The first-order valence-corrected chi connectivity index (χ1v) is 11.2. The van der Waals surface area contributed by atoms with E-state index in [2.05, 4.69) is 6.92 Å². The molecule has 4 rings (SSSR count). The van der Waals surface area contributed by atoms with Crippen LogP contribution in [0.3, 0.4) is 0 Å². The summed E-state index contributed by atoms with van der Waals surface area (Å²) in [6.07, 6.45) is 6.74. The molecule has 6 heteroatoms. The molecule has 6 nitrogen and oxygen atoms in total. The standard InChI is InChI=1S/C23H36O6/c1-5-22(2,3)21(26)28-9-8-27-19(24)6-7-20(25)29-23(4)17-11-15-10-16(13-17)14-18(23)12-15/h15-18H,5-14H2,1-4H3. The van der Waals surface area contributed by atoms with Gasteiger partial charge in [0.25, 0.3) is 0 Å². The summed E-state index contributed by atoms with van der Waals surface area (Å²) >= 11 is 0. The van der Waals surface area contributed by atoms with E-state index < -0.39 is 11.4 Å². The van der Waals surface area contributed by atoms with Gasteiger partial charge in [-0.15, -0.1) is 0 Å². The highest BCUT2D eigenvalue weighted by molar-refractivity contribution is 5.78. The van der Waals surface area contributed by atoms with Crippen molar-refractivity contribution in [3.8, 4) is 0 Å². The van der Waals surface area contributed by atoms with Crippen LogP contribution >= 0.6 is 0 Å². The van der Waals surface area contributed by atoms with E-state index in [0.717, 1.165) is 11.8 Å². The van der Waals surface area contributed by atoms with E-state index in [9.17, 15) is 14.4 Å². The van der Waals surface area contributed by atoms with Gasteiger partial charge in [0.15, 0.2) is 0 Å². The molecule has 0 unspecified atom stereocenters. The van der Waals surface area contributed by atoms with Gasteiger partial charge >= 0.3 is 17.9 Å². The zero-order valence-electron chi connectivity index (χ0n) is 18.3. The number of rotatable bonds is 9. The van der Waals surface area contributed by atoms with Crippen LogP contribution in [-0.2, 0) is 28.6 Å². The molecule has 4 aliphatic carbocycles. The van der Waals surface area contributed by atoms with Crippen molar-refractivity contribution in [3.63, 3.8) is 0 Å². The number of carbonyl (C=O) groups is 3. The zero-order chi connectivity index (χ0) is 21.2. The minimum absolute atomic E-state index is 0.00402. The Kier molecular flexibility index (Phi) is 6.59. The fourth-order valence-electron chi connectivity index (χ4n) is 5.49. The van der Waals surface area contributed by atoms with E-state index in [4.69, 9.17) is 14.2 Å². The van der Waals surface area contributed by atoms with E-state index in [0.29, 0.717) is 18.3 Å². The van der Waals surface area contributed by atoms with Gasteiger partial charge in [-0.1, -0.05) is 6.92 Å². The van der Waals surface area contributed by atoms with Gasteiger partial charge in [-0.2, -0.15) is 0 Å². The molecule has 0 heterocycles. The summed E-state index contributed by atoms with van der Waals surface area (Å²) in [4.78, 5) is 36.2. The fraction of sp³-hybridized carbons (Fsp3) is 0.870. The lowest BCUT2D eigenvalue weighted by Gasteiger charge is -2.59. The van der Waals surface area contributed by atoms with Crippen LogP contribution in [0.15, 0.2) is 0 Å². The quantitative estimate of drug-likeness (QED) is 0.325. The second-order valence-electron chi connectivity index (χ2n) is 10.1. The summed E-state index contributed by atoms with van der Waals surface area (Å²) in [5, 5.41) is 0. The van der Waals surface area contributed by atoms with Gasteiger partial charge in [-0.25, -0.2) is 0 Å². The SMILES string of the molecule is CCC(C)(C)C(=O)OCCOC(=O)CCC(=O)OC1(C)C2CC3CC(C2)CC1C3. The smallest absolute Gasteiger partial charge is 0.311 e. The predicted molar refractivity (Wildman–Crippen MR) is 107 cm³/mol. The predicted octanol–water partition coefficient (Wildman–Crippen LogP) is 4.05. The highest BCUT2D eigenvalue weighted by Crippen LogP contribution is 2.59. The lowest BCUT2D eigenvalue weighted by atomic mass is 9.50. The molecule has 0 N–H and O–H groups in total. The maximum Gasteiger partial charge on any atom is 0.311 e. The molecule has 29 heavy (non-hydrogen) atoms. The molecule has 164 valence electrons. The molecule has 0 radical (unpaired) electrons. The van der Waals surface area contributed by atoms with Gasteiger partial charge in [0.1, 0.15) is 18.8 Å². The monoisotopic (exact) mass is 408 g/mol. The third kappa shape index (κ3) is 4.95. The van der Waals surface area contributed by atoms with Crippen LogP contribution < -0.4 is 0 Å². The first-order chi connectivity index (χ1) is 13.6. The summed E-state index contributed by atoms with van der Waals surface area (Å²) in [5.74, 6) is 1.49. The van der Waals surface area contributed by atoms with Gasteiger partial charge in [0.2, 0.25) is 0 Å². The van der Waals surface area contributed by atoms with Crippen LogP contribution in [0.25, 0.3) is 0 Å². The molecule has 0 aliphatic heterocycles. The van der Waals surface area contributed by atoms with Gasteiger partial charge in [-0.05, 0) is 83.0 Å². The minimum Gasteiger partial charge on any atom is -0.462 e. The molecule has 4 fully saturated rings. The Bertz CT molecular complexity index is 609. The normalized spacial score (nSPS) is 32.7. The third-order valence-corrected chi connectivity index (χ3v) is 7.64. The average molecular weight is 409 g/mol. The van der Waals surface area contributed by atoms with Crippen LogP contribution in [0.5, 0.6) is 0 Å². The first kappa shape index (κ1) is 22.1. The van der Waals surface area contributed by atoms with E-state index in [-0.39, 0.29) is 43.6 Å². The summed E-state index contributed by atoms with van der Waals surface area (Å²) in [6, 6.07) is 0. The molecule has 0 aromatic rings. The maximum absolute atomic E-state index is 12.4. The van der Waals surface area contributed by atoms with Gasteiger partial charge in [-0.3, -0.25) is 14.4 Å². The highest BCUT2D eigenvalue weighted by Gasteiger charge is 2.56. The second-order valence-corrected chi connectivity index (χ2v) is 10.1. The third-order valence-electron chi connectivity index (χ3n) is 7.64. The molecular formula is C23H36O6. The number of hydrogen-bond acceptors (Lipinski definition) is 6. The first-order valence-electron chi connectivity index (χ1n) is 11.2. The molecule has 0 atom stereocenters. The van der Waals surface area contributed by atoms with Crippen molar-refractivity contribution in [2.75, 3.05) is 13.2 Å². The van der Waals surface area contributed by atoms with E-state index in [1.807, 2.05) is 20.8 Å². The zero-order valence-corrected chi connectivity index (χ0v) is 18.3.